The summed E-state index contributed by atoms with van der Waals surface area (Å²) in [6.45, 7) is 0. The van der Waals surface area contributed by atoms with Gasteiger partial charge in [0.25, 0.3) is 0 Å². The summed E-state index contributed by atoms with van der Waals surface area (Å²) in [5, 5.41) is 6.84. The Kier molecular flexibility index (Phi) is 1.04. The lowest BCUT2D eigenvalue weighted by Crippen LogP contribution is -1.99. The van der Waals surface area contributed by atoms with Crippen molar-refractivity contribution in [3.8, 4) is 0 Å². The number of aryl methyl sites for hydroxylation is 2. The molecule has 1 aliphatic rings. The van der Waals surface area contributed by atoms with Crippen LogP contribution in [0.2, 0.25) is 0 Å². The van der Waals surface area contributed by atoms with Crippen molar-refractivity contribution < 1.29 is 0 Å². The van der Waals surface area contributed by atoms with Crippen molar-refractivity contribution in [3.63, 3.8) is 0 Å². The Balaban J connectivity index is 2.39. The number of aromatic nitrogens is 2. The first-order chi connectivity index (χ1) is 4.47. The van der Waals surface area contributed by atoms with Gasteiger partial charge in [0.2, 0.25) is 0 Å². The van der Waals surface area contributed by atoms with E-state index in [1.807, 2.05) is 0 Å². The highest BCUT2D eigenvalue weighted by molar-refractivity contribution is 5.17. The molecule has 0 aromatic carbocycles. The highest BCUT2D eigenvalue weighted by Gasteiger charge is 2.10. The molecule has 0 saturated heterocycles. The van der Waals surface area contributed by atoms with E-state index in [1.54, 1.807) is 0 Å². The molecule has 0 bridgehead atoms. The topological polar surface area (TPSA) is 28.7 Å². The molecule has 0 fully saturated rings. The van der Waals surface area contributed by atoms with Crippen molar-refractivity contribution in [1.29, 1.82) is 0 Å². The van der Waals surface area contributed by atoms with Crippen LogP contribution in [0.15, 0.2) is 0 Å². The quantitative estimate of drug-likeness (QED) is 0.546. The summed E-state index contributed by atoms with van der Waals surface area (Å²) in [5.74, 6) is 0. The standard InChI is InChI=1S/C7H9N2/c1-2-4-7-6(3-1)5-8-9-7/h1-4H2,(H,8,9). The third kappa shape index (κ3) is 0.745. The van der Waals surface area contributed by atoms with Gasteiger partial charge in [0.05, 0.1) is 11.9 Å². The van der Waals surface area contributed by atoms with Crippen molar-refractivity contribution in [2.24, 2.45) is 0 Å². The molecule has 0 atom stereocenters. The fourth-order valence-electron chi connectivity index (χ4n) is 1.31. The second-order valence-electron chi connectivity index (χ2n) is 2.48. The number of nitrogens with zero attached hydrogens (tertiary/aromatic N) is 1. The van der Waals surface area contributed by atoms with E-state index in [1.165, 1.54) is 30.5 Å². The Morgan fingerprint density at radius 1 is 1.33 bits per heavy atom. The first-order valence-corrected chi connectivity index (χ1v) is 3.40. The van der Waals surface area contributed by atoms with Crippen molar-refractivity contribution in [2.45, 2.75) is 25.7 Å². The number of hydrogen-bond acceptors (Lipinski definition) is 1. The summed E-state index contributed by atoms with van der Waals surface area (Å²) in [6.07, 6.45) is 7.95. The van der Waals surface area contributed by atoms with Gasteiger partial charge < -0.3 is 0 Å². The number of nitrogens with one attached hydrogen (secondary N) is 1. The van der Waals surface area contributed by atoms with E-state index >= 15 is 0 Å². The van der Waals surface area contributed by atoms with Gasteiger partial charge in [0, 0.05) is 5.56 Å². The highest BCUT2D eigenvalue weighted by Crippen LogP contribution is 2.16. The van der Waals surface area contributed by atoms with Crippen molar-refractivity contribution in [3.05, 3.63) is 17.5 Å². The number of hydrogen-bond donors (Lipinski definition) is 1. The highest BCUT2D eigenvalue weighted by atomic mass is 15.1. The minimum Gasteiger partial charge on any atom is -0.276 e. The summed E-state index contributed by atoms with van der Waals surface area (Å²) >= 11 is 0. The van der Waals surface area contributed by atoms with Gasteiger partial charge in [0.1, 0.15) is 0 Å². The maximum absolute atomic E-state index is 4.08. The van der Waals surface area contributed by atoms with Crippen LogP contribution in [-0.2, 0) is 12.8 Å². The van der Waals surface area contributed by atoms with E-state index in [9.17, 15) is 0 Å². The summed E-state index contributed by atoms with van der Waals surface area (Å²) in [6, 6.07) is 0. The van der Waals surface area contributed by atoms with Crippen LogP contribution in [0.5, 0.6) is 0 Å². The third-order valence-electron chi connectivity index (χ3n) is 1.84. The number of rotatable bonds is 0. The molecule has 47 valence electrons. The van der Waals surface area contributed by atoms with E-state index in [0.717, 1.165) is 6.42 Å². The van der Waals surface area contributed by atoms with Crippen LogP contribution in [0.25, 0.3) is 0 Å². The van der Waals surface area contributed by atoms with Crippen LogP contribution in [0.3, 0.4) is 0 Å². The van der Waals surface area contributed by atoms with Gasteiger partial charge >= 0.3 is 0 Å². The van der Waals surface area contributed by atoms with Crippen LogP contribution in [-0.4, -0.2) is 10.2 Å². The van der Waals surface area contributed by atoms with Crippen molar-refractivity contribution in [1.82, 2.24) is 10.2 Å². The molecule has 1 aromatic heterocycles. The molecule has 2 heteroatoms. The molecule has 1 N–H and O–H groups in total. The first kappa shape index (κ1) is 5.03. The molecule has 0 unspecified atom stereocenters. The van der Waals surface area contributed by atoms with Crippen LogP contribution in [0, 0.1) is 6.20 Å². The monoisotopic (exact) mass is 121 g/mol. The molecule has 0 saturated carbocycles. The molecule has 2 nitrogen and oxygen atoms in total. The average molecular weight is 121 g/mol. The third-order valence-corrected chi connectivity index (χ3v) is 1.84. The van der Waals surface area contributed by atoms with E-state index in [0.29, 0.717) is 0 Å². The van der Waals surface area contributed by atoms with E-state index < -0.39 is 0 Å². The van der Waals surface area contributed by atoms with Crippen molar-refractivity contribution >= 4 is 0 Å². The number of aromatic amines is 1. The Hall–Kier alpha value is -0.790. The number of fused-ring (bicyclic) bond motifs is 1. The summed E-state index contributed by atoms with van der Waals surface area (Å²) in [7, 11) is 0. The molecular formula is C7H9N2. The predicted molar refractivity (Wildman–Crippen MR) is 34.1 cm³/mol. The van der Waals surface area contributed by atoms with Crippen molar-refractivity contribution in [2.75, 3.05) is 0 Å². The SMILES string of the molecule is [c]1[nH]nc2c1CCCC2. The zero-order valence-electron chi connectivity index (χ0n) is 5.28. The molecule has 1 aliphatic carbocycles. The van der Waals surface area contributed by atoms with Gasteiger partial charge in [0.15, 0.2) is 0 Å². The lowest BCUT2D eigenvalue weighted by atomic mass is 9.99. The largest absolute Gasteiger partial charge is 0.276 e. The number of H-pyrrole nitrogens is 1. The van der Waals surface area contributed by atoms with Gasteiger partial charge in [-0.3, -0.25) is 5.10 Å². The van der Waals surface area contributed by atoms with Gasteiger partial charge in [-0.2, -0.15) is 5.10 Å². The molecule has 1 heterocycles. The zero-order valence-corrected chi connectivity index (χ0v) is 5.28. The fourth-order valence-corrected chi connectivity index (χ4v) is 1.31. The molecule has 0 spiro atoms. The van der Waals surface area contributed by atoms with Crippen LogP contribution in [0.1, 0.15) is 24.1 Å². The van der Waals surface area contributed by atoms with Crippen LogP contribution in [0.4, 0.5) is 0 Å². The molecule has 9 heavy (non-hydrogen) atoms. The minimum atomic E-state index is 1.15. The van der Waals surface area contributed by atoms with Crippen LogP contribution >= 0.6 is 0 Å². The fraction of sp³-hybridized carbons (Fsp3) is 0.571. The van der Waals surface area contributed by atoms with Gasteiger partial charge in [-0.05, 0) is 25.7 Å². The molecule has 0 amide bonds. The lowest BCUT2D eigenvalue weighted by Gasteiger charge is -2.06. The zero-order chi connectivity index (χ0) is 6.10. The maximum Gasteiger partial charge on any atom is 0.0866 e. The Labute approximate surface area is 54.3 Å². The van der Waals surface area contributed by atoms with Gasteiger partial charge in [-0.1, -0.05) is 0 Å². The lowest BCUT2D eigenvalue weighted by molar-refractivity contribution is 0.674. The Bertz CT molecular complexity index is 182. The summed E-state index contributed by atoms with van der Waals surface area (Å²) in [4.78, 5) is 0. The van der Waals surface area contributed by atoms with E-state index in [4.69, 9.17) is 0 Å². The van der Waals surface area contributed by atoms with Gasteiger partial charge in [-0.25, -0.2) is 0 Å². The van der Waals surface area contributed by atoms with E-state index in [2.05, 4.69) is 16.4 Å². The molecule has 1 radical (unpaired) electrons. The second kappa shape index (κ2) is 1.87. The van der Waals surface area contributed by atoms with Gasteiger partial charge in [-0.15, -0.1) is 0 Å². The normalized spacial score (nSPS) is 17.3. The molecular weight excluding hydrogens is 112 g/mol. The summed E-state index contributed by atoms with van der Waals surface area (Å²) < 4.78 is 0. The minimum absolute atomic E-state index is 1.15. The first-order valence-electron chi connectivity index (χ1n) is 3.40. The Morgan fingerprint density at radius 2 is 2.22 bits per heavy atom. The van der Waals surface area contributed by atoms with Crippen LogP contribution < -0.4 is 0 Å². The summed E-state index contributed by atoms with van der Waals surface area (Å²) in [5.41, 5.74) is 2.54. The Morgan fingerprint density at radius 3 is 3.11 bits per heavy atom. The second-order valence-corrected chi connectivity index (χ2v) is 2.48. The maximum atomic E-state index is 4.08. The predicted octanol–water partition coefficient (Wildman–Crippen LogP) is 1.09. The average Bonchev–Trinajstić information content (AvgIpc) is 2.33. The molecule has 2 rings (SSSR count). The molecule has 0 aliphatic heterocycles. The smallest absolute Gasteiger partial charge is 0.0866 e. The molecule has 1 aromatic rings. The van der Waals surface area contributed by atoms with E-state index in [-0.39, 0.29) is 0 Å².